The highest BCUT2D eigenvalue weighted by molar-refractivity contribution is 6.06. The number of hydrogen-bond acceptors (Lipinski definition) is 2. The van der Waals surface area contributed by atoms with E-state index >= 15 is 0 Å². The third kappa shape index (κ3) is 2.05. The topological polar surface area (TPSA) is 46.9 Å². The van der Waals surface area contributed by atoms with Crippen LogP contribution in [0.3, 0.4) is 0 Å². The molecular weight excluding hydrogens is 250 g/mol. The number of fused-ring (bicyclic) bond motifs is 1. The highest BCUT2D eigenvalue weighted by Crippen LogP contribution is 2.19. The number of hydrogen-bond donors (Lipinski definition) is 1. The van der Waals surface area contributed by atoms with E-state index in [2.05, 4.69) is 10.3 Å². The van der Waals surface area contributed by atoms with Crippen LogP contribution in [0.5, 0.6) is 0 Å². The molecule has 4 heteroatoms. The van der Waals surface area contributed by atoms with E-state index in [1.165, 1.54) is 0 Å². The van der Waals surface area contributed by atoms with Crippen molar-refractivity contribution < 1.29 is 4.79 Å². The molecule has 0 fully saturated rings. The summed E-state index contributed by atoms with van der Waals surface area (Å²) in [6, 6.07) is 13.6. The minimum absolute atomic E-state index is 0.148. The van der Waals surface area contributed by atoms with Gasteiger partial charge in [0.15, 0.2) is 0 Å². The van der Waals surface area contributed by atoms with Crippen molar-refractivity contribution in [1.82, 2.24) is 9.55 Å². The maximum atomic E-state index is 12.4. The van der Waals surface area contributed by atoms with Gasteiger partial charge in [-0.2, -0.15) is 0 Å². The molecule has 100 valence electrons. The lowest BCUT2D eigenvalue weighted by Gasteiger charge is -2.07. The first kappa shape index (κ1) is 12.4. The number of nitrogens with one attached hydrogen (secondary N) is 1. The second-order valence-corrected chi connectivity index (χ2v) is 4.77. The van der Waals surface area contributed by atoms with Crippen molar-refractivity contribution in [2.75, 3.05) is 5.32 Å². The summed E-state index contributed by atoms with van der Waals surface area (Å²) in [6.45, 7) is 1.92. The lowest BCUT2D eigenvalue weighted by atomic mass is 10.2. The minimum Gasteiger partial charge on any atom is -0.340 e. The van der Waals surface area contributed by atoms with Gasteiger partial charge in [-0.25, -0.2) is 4.98 Å². The van der Waals surface area contributed by atoms with E-state index in [0.717, 1.165) is 16.5 Å². The van der Waals surface area contributed by atoms with Gasteiger partial charge in [-0.1, -0.05) is 24.3 Å². The predicted octanol–water partition coefficient (Wildman–Crippen LogP) is 3.13. The number of para-hydroxylation sites is 1. The van der Waals surface area contributed by atoms with Crippen molar-refractivity contribution in [3.05, 3.63) is 59.9 Å². The first-order valence-electron chi connectivity index (χ1n) is 6.44. The number of pyridine rings is 1. The number of aryl methyl sites for hydroxylation is 2. The summed E-state index contributed by atoms with van der Waals surface area (Å²) in [5, 5.41) is 3.91. The van der Waals surface area contributed by atoms with Gasteiger partial charge in [0.05, 0.1) is 0 Å². The largest absolute Gasteiger partial charge is 0.340 e. The van der Waals surface area contributed by atoms with E-state index in [9.17, 15) is 4.79 Å². The van der Waals surface area contributed by atoms with Crippen LogP contribution in [-0.2, 0) is 7.05 Å². The van der Waals surface area contributed by atoms with Gasteiger partial charge in [0, 0.05) is 24.1 Å². The smallest absolute Gasteiger partial charge is 0.273 e. The molecule has 0 saturated carbocycles. The number of anilines is 1. The molecule has 1 N–H and O–H groups in total. The van der Waals surface area contributed by atoms with E-state index in [1.54, 1.807) is 6.20 Å². The van der Waals surface area contributed by atoms with E-state index in [0.29, 0.717) is 11.5 Å². The van der Waals surface area contributed by atoms with Crippen molar-refractivity contribution in [2.24, 2.45) is 7.05 Å². The van der Waals surface area contributed by atoms with E-state index in [1.807, 2.05) is 61.0 Å². The fourth-order valence-electron chi connectivity index (χ4n) is 2.29. The Labute approximate surface area is 117 Å². The van der Waals surface area contributed by atoms with Gasteiger partial charge in [0.1, 0.15) is 11.5 Å². The average molecular weight is 265 g/mol. The molecule has 0 atom stereocenters. The zero-order valence-corrected chi connectivity index (χ0v) is 11.4. The third-order valence-electron chi connectivity index (χ3n) is 3.43. The number of aromatic nitrogens is 2. The molecule has 0 saturated heterocycles. The zero-order chi connectivity index (χ0) is 14.1. The van der Waals surface area contributed by atoms with Crippen LogP contribution in [0.25, 0.3) is 10.9 Å². The fraction of sp³-hybridized carbons (Fsp3) is 0.125. The summed E-state index contributed by atoms with van der Waals surface area (Å²) >= 11 is 0. The van der Waals surface area contributed by atoms with E-state index in [-0.39, 0.29) is 5.91 Å². The molecule has 3 aromatic rings. The number of amides is 1. The monoisotopic (exact) mass is 265 g/mol. The SMILES string of the molecule is Cc1cccnc1NC(=O)c1cc2ccccc2n1C. The first-order valence-corrected chi connectivity index (χ1v) is 6.44. The summed E-state index contributed by atoms with van der Waals surface area (Å²) in [7, 11) is 1.89. The molecule has 1 aromatic carbocycles. The molecule has 0 spiro atoms. The first-order chi connectivity index (χ1) is 9.66. The molecule has 0 unspecified atom stereocenters. The normalized spacial score (nSPS) is 10.7. The standard InChI is InChI=1S/C16H15N3O/c1-11-6-5-9-17-15(11)18-16(20)14-10-12-7-3-4-8-13(12)19(14)2/h3-10H,1-2H3,(H,17,18,20). The minimum atomic E-state index is -0.148. The molecular formula is C16H15N3O. The Hall–Kier alpha value is -2.62. The van der Waals surface area contributed by atoms with Gasteiger partial charge in [-0.3, -0.25) is 4.79 Å². The van der Waals surface area contributed by atoms with Crippen LogP contribution in [0, 0.1) is 6.92 Å². The summed E-state index contributed by atoms with van der Waals surface area (Å²) in [5.41, 5.74) is 2.60. The van der Waals surface area contributed by atoms with Crippen molar-refractivity contribution in [3.63, 3.8) is 0 Å². The van der Waals surface area contributed by atoms with Gasteiger partial charge in [-0.15, -0.1) is 0 Å². The Morgan fingerprint density at radius 2 is 2.00 bits per heavy atom. The molecule has 1 amide bonds. The van der Waals surface area contributed by atoms with Crippen molar-refractivity contribution in [2.45, 2.75) is 6.92 Å². The maximum absolute atomic E-state index is 12.4. The zero-order valence-electron chi connectivity index (χ0n) is 11.4. The fourth-order valence-corrected chi connectivity index (χ4v) is 2.29. The Kier molecular flexibility index (Phi) is 2.99. The summed E-state index contributed by atoms with van der Waals surface area (Å²) in [4.78, 5) is 16.6. The number of benzene rings is 1. The average Bonchev–Trinajstić information content (AvgIpc) is 2.79. The van der Waals surface area contributed by atoms with Crippen molar-refractivity contribution >= 4 is 22.6 Å². The van der Waals surface area contributed by atoms with Crippen LogP contribution >= 0.6 is 0 Å². The summed E-state index contributed by atoms with van der Waals surface area (Å²) in [5.74, 6) is 0.452. The van der Waals surface area contributed by atoms with Crippen LogP contribution in [0.1, 0.15) is 16.1 Å². The van der Waals surface area contributed by atoms with Crippen LogP contribution in [-0.4, -0.2) is 15.5 Å². The molecule has 0 aliphatic rings. The molecule has 20 heavy (non-hydrogen) atoms. The summed E-state index contributed by atoms with van der Waals surface area (Å²) in [6.07, 6.45) is 1.67. The lowest BCUT2D eigenvalue weighted by molar-refractivity contribution is 0.101. The summed E-state index contributed by atoms with van der Waals surface area (Å²) < 4.78 is 1.89. The molecule has 0 radical (unpaired) electrons. The van der Waals surface area contributed by atoms with Gasteiger partial charge >= 0.3 is 0 Å². The molecule has 0 aliphatic carbocycles. The molecule has 4 nitrogen and oxygen atoms in total. The van der Waals surface area contributed by atoms with E-state index < -0.39 is 0 Å². The van der Waals surface area contributed by atoms with Crippen molar-refractivity contribution in [3.8, 4) is 0 Å². The third-order valence-corrected chi connectivity index (χ3v) is 3.43. The number of nitrogens with zero attached hydrogens (tertiary/aromatic N) is 2. The van der Waals surface area contributed by atoms with E-state index in [4.69, 9.17) is 0 Å². The molecule has 0 aliphatic heterocycles. The van der Waals surface area contributed by atoms with Gasteiger partial charge < -0.3 is 9.88 Å². The maximum Gasteiger partial charge on any atom is 0.273 e. The Morgan fingerprint density at radius 3 is 2.75 bits per heavy atom. The Balaban J connectivity index is 1.97. The number of carbonyl (C=O) groups is 1. The second kappa shape index (κ2) is 4.81. The molecule has 2 aromatic heterocycles. The van der Waals surface area contributed by atoms with Gasteiger partial charge in [0.2, 0.25) is 0 Å². The Bertz CT molecular complexity index is 789. The highest BCUT2D eigenvalue weighted by atomic mass is 16.2. The molecule has 3 rings (SSSR count). The van der Waals surface area contributed by atoms with Crippen molar-refractivity contribution in [1.29, 1.82) is 0 Å². The molecule has 2 heterocycles. The highest BCUT2D eigenvalue weighted by Gasteiger charge is 2.14. The lowest BCUT2D eigenvalue weighted by Crippen LogP contribution is -2.16. The van der Waals surface area contributed by atoms with Crippen LogP contribution in [0.15, 0.2) is 48.7 Å². The molecule has 0 bridgehead atoms. The van der Waals surface area contributed by atoms with Gasteiger partial charge in [0.25, 0.3) is 5.91 Å². The second-order valence-electron chi connectivity index (χ2n) is 4.77. The number of carbonyl (C=O) groups excluding carboxylic acids is 1. The Morgan fingerprint density at radius 1 is 1.20 bits per heavy atom. The van der Waals surface area contributed by atoms with Crippen LogP contribution in [0.4, 0.5) is 5.82 Å². The number of rotatable bonds is 2. The quantitative estimate of drug-likeness (QED) is 0.773. The predicted molar refractivity (Wildman–Crippen MR) is 79.8 cm³/mol. The van der Waals surface area contributed by atoms with Crippen LogP contribution < -0.4 is 5.32 Å². The van der Waals surface area contributed by atoms with Gasteiger partial charge in [-0.05, 0) is 30.7 Å². The van der Waals surface area contributed by atoms with Crippen LogP contribution in [0.2, 0.25) is 0 Å².